The summed E-state index contributed by atoms with van der Waals surface area (Å²) in [4.78, 5) is 49.2. The summed E-state index contributed by atoms with van der Waals surface area (Å²) in [6.07, 6.45) is -2.31. The van der Waals surface area contributed by atoms with Gasteiger partial charge < -0.3 is 58.3 Å². The first-order valence-corrected chi connectivity index (χ1v) is 23.6. The number of esters is 1. The van der Waals surface area contributed by atoms with Crippen molar-refractivity contribution in [3.63, 3.8) is 0 Å². The van der Waals surface area contributed by atoms with Crippen LogP contribution in [0.1, 0.15) is 100 Å². The number of cyclic esters (lactones) is 1. The fraction of sp³-hybridized carbons (Fsp3) is 0.720. The van der Waals surface area contributed by atoms with Gasteiger partial charge in [0.15, 0.2) is 18.2 Å². The van der Waals surface area contributed by atoms with Crippen LogP contribution in [0.25, 0.3) is 17.0 Å². The molecule has 16 heteroatoms. The van der Waals surface area contributed by atoms with Crippen molar-refractivity contribution in [2.24, 2.45) is 23.7 Å². The highest BCUT2D eigenvalue weighted by Crippen LogP contribution is 2.43. The van der Waals surface area contributed by atoms with E-state index in [0.717, 1.165) is 16.5 Å². The van der Waals surface area contributed by atoms with Gasteiger partial charge in [-0.15, -0.1) is 0 Å². The van der Waals surface area contributed by atoms with Gasteiger partial charge >= 0.3 is 12.1 Å². The Labute approximate surface area is 390 Å². The minimum Gasteiger partial charge on any atom is -0.458 e. The lowest BCUT2D eigenvalue weighted by Crippen LogP contribution is -2.61. The topological polar surface area (TPSA) is 194 Å². The molecule has 0 saturated carbocycles. The monoisotopic (exact) mass is 926 g/mol. The van der Waals surface area contributed by atoms with Gasteiger partial charge in [0.1, 0.15) is 24.1 Å². The number of fused-ring (bicyclic) bond motifs is 2. The molecule has 6 rings (SSSR count). The molecule has 0 spiro atoms. The number of Topliss-reactive ketones (excluding diaryl/α,β-unsaturated/α-hetero) is 1. The first kappa shape index (κ1) is 51.8. The normalized spacial score (nSPS) is 41.9. The molecule has 16 nitrogen and oxygen atoms in total. The molecule has 4 aliphatic rings. The van der Waals surface area contributed by atoms with E-state index in [9.17, 15) is 24.6 Å². The van der Waals surface area contributed by atoms with Gasteiger partial charge in [-0.1, -0.05) is 58.0 Å². The summed E-state index contributed by atoms with van der Waals surface area (Å²) in [7, 11) is 5.31. The number of carbonyl (C=O) groups is 3. The molecule has 3 N–H and O–H groups in total. The summed E-state index contributed by atoms with van der Waals surface area (Å²) < 4.78 is 51.9. The van der Waals surface area contributed by atoms with E-state index in [1.165, 1.54) is 7.11 Å². The third kappa shape index (κ3) is 10.8. The first-order chi connectivity index (χ1) is 31.0. The summed E-state index contributed by atoms with van der Waals surface area (Å²) in [5, 5.41) is 27.0. The van der Waals surface area contributed by atoms with Crippen LogP contribution in [0.15, 0.2) is 42.6 Å². The van der Waals surface area contributed by atoms with Crippen LogP contribution in [0.5, 0.6) is 0 Å². The molecule has 4 fully saturated rings. The van der Waals surface area contributed by atoms with E-state index in [4.69, 9.17) is 37.9 Å². The standard InChI is InChI=1S/C50H75N3O13/c1-14-37-50(10)42(52-47(58)66-50)29(4)39(54)27(2)24-49(9,60-21-17-18-33-23-34-19-15-16-20-35(34)51-26-33)44(65-46-40(55)36(53(11)12)22-28(3)61-46)30(5)41(31(6)45(57)63-37)64-38-25-48(8,59-13)43(56)32(7)62-38/h15-20,23,26-32,36-38,40-44,46,55-56H,14,21-22,24-25H2,1-13H3,(H,52,58)/t27-,28-,29+,30+,31-,32+,36+,37-,38+,40-,41+,42-,43+,44-,46+,48?,49-,50-/m1/s1. The molecule has 1 amide bonds. The number of likely N-dealkylation sites (N-methyl/N-ethyl adjacent to an activating group) is 1. The van der Waals surface area contributed by atoms with Crippen molar-refractivity contribution < 1.29 is 62.5 Å². The number of nitrogens with zero attached hydrogens (tertiary/aromatic N) is 2. The number of aliphatic hydroxyl groups excluding tert-OH is 2. The SMILES string of the molecule is CC[C@H]1OC(=O)[C@H](C)[C@@H](O[C@H]2CC(C)(OC)[C@@H](O)[C@H](C)O2)[C@H](C)[C@@H](O[C@@H]2O[C@H](C)C[C@H](N(C)C)[C@H]2O)[C@](C)(OCC=Cc2cnc3ccccc3c2)C[C@@H](C)C(=O)[C@H](C)[C@H]2NC(=O)O[C@@]21C. The first-order valence-electron chi connectivity index (χ1n) is 23.6. The van der Waals surface area contributed by atoms with Crippen LogP contribution < -0.4 is 5.32 Å². The number of rotatable bonds is 11. The van der Waals surface area contributed by atoms with E-state index in [2.05, 4.69) is 10.3 Å². The predicted octanol–water partition coefficient (Wildman–Crippen LogP) is 5.83. The van der Waals surface area contributed by atoms with Crippen LogP contribution in [0, 0.1) is 23.7 Å². The zero-order valence-corrected chi connectivity index (χ0v) is 41.1. The molecule has 0 bridgehead atoms. The number of hydrogen-bond acceptors (Lipinski definition) is 15. The van der Waals surface area contributed by atoms with E-state index in [0.29, 0.717) is 6.42 Å². The fourth-order valence-corrected chi connectivity index (χ4v) is 10.9. The second-order valence-corrected chi connectivity index (χ2v) is 20.1. The number of hydrogen-bond donors (Lipinski definition) is 3. The van der Waals surface area contributed by atoms with Gasteiger partial charge in [-0.25, -0.2) is 4.79 Å². The number of para-hydroxylation sites is 1. The second kappa shape index (κ2) is 21.0. The second-order valence-electron chi connectivity index (χ2n) is 20.1. The minimum absolute atomic E-state index is 0.0659. The maximum Gasteiger partial charge on any atom is 0.408 e. The number of ketones is 1. The zero-order chi connectivity index (χ0) is 48.5. The highest BCUT2D eigenvalue weighted by molar-refractivity contribution is 5.85. The maximum absolute atomic E-state index is 14.8. The van der Waals surface area contributed by atoms with E-state index < -0.39 is 108 Å². The smallest absolute Gasteiger partial charge is 0.408 e. The van der Waals surface area contributed by atoms with Crippen LogP contribution in [-0.2, 0) is 47.5 Å². The van der Waals surface area contributed by atoms with Gasteiger partial charge in [-0.2, -0.15) is 0 Å². The van der Waals surface area contributed by atoms with Crippen LogP contribution in [0.2, 0.25) is 0 Å². The lowest BCUT2D eigenvalue weighted by molar-refractivity contribution is -0.320. The van der Waals surface area contributed by atoms with E-state index >= 15 is 0 Å². The number of pyridine rings is 1. The van der Waals surface area contributed by atoms with E-state index in [1.807, 2.05) is 96.1 Å². The van der Waals surface area contributed by atoms with Crippen molar-refractivity contribution >= 4 is 34.8 Å². The fourth-order valence-electron chi connectivity index (χ4n) is 10.9. The lowest BCUT2D eigenvalue weighted by Gasteiger charge is -2.50. The molecule has 4 aliphatic heterocycles. The molecule has 4 saturated heterocycles. The summed E-state index contributed by atoms with van der Waals surface area (Å²) in [5.41, 5.74) is -2.08. The van der Waals surface area contributed by atoms with Gasteiger partial charge in [-0.3, -0.25) is 14.6 Å². The molecule has 1 unspecified atom stereocenters. The molecule has 0 aliphatic carbocycles. The highest BCUT2D eigenvalue weighted by atomic mass is 16.7. The van der Waals surface area contributed by atoms with Gasteiger partial charge in [0.2, 0.25) is 0 Å². The number of nitrogens with one attached hydrogen (secondary N) is 1. The number of methoxy groups -OCH3 is 1. The Morgan fingerprint density at radius 1 is 0.955 bits per heavy atom. The minimum atomic E-state index is -1.40. The van der Waals surface area contributed by atoms with Crippen LogP contribution in [0.3, 0.4) is 0 Å². The lowest BCUT2D eigenvalue weighted by atomic mass is 9.73. The van der Waals surface area contributed by atoms with Crippen LogP contribution >= 0.6 is 0 Å². The number of aliphatic hydroxyl groups is 2. The number of aromatic nitrogens is 1. The molecular weight excluding hydrogens is 851 g/mol. The molecular formula is C50H75N3O13. The molecule has 0 radical (unpaired) electrons. The van der Waals surface area contributed by atoms with Gasteiger partial charge in [0.25, 0.3) is 0 Å². The highest BCUT2D eigenvalue weighted by Gasteiger charge is 2.58. The Balaban J connectivity index is 1.48. The average molecular weight is 926 g/mol. The molecule has 1 aromatic carbocycles. The molecule has 18 atom stereocenters. The van der Waals surface area contributed by atoms with E-state index in [-0.39, 0.29) is 43.8 Å². The molecule has 1 aromatic heterocycles. The Hall–Kier alpha value is -3.58. The Bertz CT molecular complexity index is 2040. The van der Waals surface area contributed by atoms with Crippen LogP contribution in [0.4, 0.5) is 4.79 Å². The third-order valence-corrected chi connectivity index (χ3v) is 14.9. The quantitative estimate of drug-likeness (QED) is 0.228. The van der Waals surface area contributed by atoms with Gasteiger partial charge in [0.05, 0.1) is 59.7 Å². The Kier molecular flexibility index (Phi) is 16.5. The van der Waals surface area contributed by atoms with Crippen molar-refractivity contribution in [3.05, 3.63) is 48.2 Å². The largest absolute Gasteiger partial charge is 0.458 e. The number of benzene rings is 1. The summed E-state index contributed by atoms with van der Waals surface area (Å²) >= 11 is 0. The molecule has 5 heterocycles. The summed E-state index contributed by atoms with van der Waals surface area (Å²) in [6, 6.07) is 8.73. The molecule has 66 heavy (non-hydrogen) atoms. The van der Waals surface area contributed by atoms with Crippen molar-refractivity contribution in [1.82, 2.24) is 15.2 Å². The number of amides is 1. The summed E-state index contributed by atoms with van der Waals surface area (Å²) in [6.45, 7) is 18.1. The Morgan fingerprint density at radius 3 is 2.35 bits per heavy atom. The molecule has 2 aromatic rings. The third-order valence-electron chi connectivity index (χ3n) is 14.9. The predicted molar refractivity (Wildman–Crippen MR) is 246 cm³/mol. The number of carbonyl (C=O) groups excluding carboxylic acids is 3. The average Bonchev–Trinajstić information content (AvgIpc) is 3.60. The maximum atomic E-state index is 14.8. The van der Waals surface area contributed by atoms with Gasteiger partial charge in [-0.05, 0) is 92.6 Å². The zero-order valence-electron chi connectivity index (χ0n) is 41.1. The number of alkyl carbamates (subject to hydrolysis) is 1. The van der Waals surface area contributed by atoms with Gasteiger partial charge in [0, 0.05) is 48.9 Å². The van der Waals surface area contributed by atoms with E-state index in [1.54, 1.807) is 40.8 Å². The summed E-state index contributed by atoms with van der Waals surface area (Å²) in [5.74, 6) is -4.06. The van der Waals surface area contributed by atoms with Crippen molar-refractivity contribution in [2.45, 2.75) is 179 Å². The van der Waals surface area contributed by atoms with Crippen molar-refractivity contribution in [1.29, 1.82) is 0 Å². The van der Waals surface area contributed by atoms with Crippen molar-refractivity contribution in [3.8, 4) is 0 Å². The van der Waals surface area contributed by atoms with Crippen molar-refractivity contribution in [2.75, 3.05) is 27.8 Å². The van der Waals surface area contributed by atoms with Crippen LogP contribution in [-0.4, -0.2) is 150 Å². The number of ether oxygens (including phenoxy) is 8. The Morgan fingerprint density at radius 2 is 1.67 bits per heavy atom. The molecule has 368 valence electrons.